The lowest BCUT2D eigenvalue weighted by Gasteiger charge is -2.21. The Balaban J connectivity index is 1.62. The highest BCUT2D eigenvalue weighted by atomic mass is 35.5. The lowest BCUT2D eigenvalue weighted by Crippen LogP contribution is -2.18. The van der Waals surface area contributed by atoms with Gasteiger partial charge in [0.05, 0.1) is 16.4 Å². The number of amides is 1. The van der Waals surface area contributed by atoms with Gasteiger partial charge in [-0.2, -0.15) is 0 Å². The van der Waals surface area contributed by atoms with Gasteiger partial charge in [0, 0.05) is 30.0 Å². The summed E-state index contributed by atoms with van der Waals surface area (Å²) in [5.74, 6) is 0.393. The van der Waals surface area contributed by atoms with Crippen molar-refractivity contribution in [2.45, 2.75) is 12.8 Å². The molecular formula is C21H17Cl2N3O2. The highest BCUT2D eigenvalue weighted by molar-refractivity contribution is 6.34. The maximum absolute atomic E-state index is 12.9. The molecule has 1 amide bonds. The standard InChI is InChI=1S/C21H17Cl2N3O2/c22-14-6-7-16(23)19(11-14)28-18-8-10-24-12-15(18)21(27)26-17-5-1-3-13-4-2-9-25-20(13)17/h1,3,5-8,10-12,25H,2,4,9H2,(H,26,27). The summed E-state index contributed by atoms with van der Waals surface area (Å²) in [4.78, 5) is 17.0. The predicted molar refractivity (Wildman–Crippen MR) is 112 cm³/mol. The van der Waals surface area contributed by atoms with Gasteiger partial charge in [-0.05, 0) is 42.7 Å². The highest BCUT2D eigenvalue weighted by Crippen LogP contribution is 2.34. The lowest BCUT2D eigenvalue weighted by molar-refractivity contribution is 0.102. The summed E-state index contributed by atoms with van der Waals surface area (Å²) in [7, 11) is 0. The van der Waals surface area contributed by atoms with Crippen molar-refractivity contribution >= 4 is 40.5 Å². The minimum Gasteiger partial charge on any atom is -0.455 e. The number of halogens is 2. The van der Waals surface area contributed by atoms with Gasteiger partial charge in [-0.25, -0.2) is 0 Å². The predicted octanol–water partition coefficient (Wildman–Crippen LogP) is 5.79. The van der Waals surface area contributed by atoms with Crippen LogP contribution in [-0.2, 0) is 6.42 Å². The first-order chi connectivity index (χ1) is 13.6. The van der Waals surface area contributed by atoms with Crippen LogP contribution in [0, 0.1) is 0 Å². The Bertz CT molecular complexity index is 1040. The molecule has 1 aliphatic heterocycles. The molecule has 3 aromatic rings. The number of aromatic nitrogens is 1. The maximum Gasteiger partial charge on any atom is 0.261 e. The summed E-state index contributed by atoms with van der Waals surface area (Å²) in [6, 6.07) is 12.4. The van der Waals surface area contributed by atoms with Gasteiger partial charge in [0.1, 0.15) is 17.1 Å². The van der Waals surface area contributed by atoms with E-state index in [0.29, 0.717) is 27.1 Å². The van der Waals surface area contributed by atoms with Crippen molar-refractivity contribution in [3.05, 3.63) is 76.0 Å². The molecule has 0 bridgehead atoms. The molecule has 0 atom stereocenters. The molecule has 2 aromatic carbocycles. The van der Waals surface area contributed by atoms with Crippen molar-refractivity contribution in [2.24, 2.45) is 0 Å². The molecule has 0 aliphatic carbocycles. The number of para-hydroxylation sites is 1. The van der Waals surface area contributed by atoms with E-state index in [9.17, 15) is 4.79 Å². The Morgan fingerprint density at radius 2 is 2.04 bits per heavy atom. The number of aryl methyl sites for hydroxylation is 1. The van der Waals surface area contributed by atoms with Gasteiger partial charge in [0.2, 0.25) is 0 Å². The third kappa shape index (κ3) is 3.91. The molecule has 7 heteroatoms. The van der Waals surface area contributed by atoms with E-state index in [1.165, 1.54) is 11.8 Å². The quantitative estimate of drug-likeness (QED) is 0.567. The highest BCUT2D eigenvalue weighted by Gasteiger charge is 2.18. The minimum atomic E-state index is -0.318. The van der Waals surface area contributed by atoms with E-state index in [2.05, 4.69) is 21.7 Å². The van der Waals surface area contributed by atoms with E-state index in [1.54, 1.807) is 30.5 Å². The maximum atomic E-state index is 12.9. The van der Waals surface area contributed by atoms with E-state index in [-0.39, 0.29) is 5.91 Å². The third-order valence-electron chi connectivity index (χ3n) is 4.46. The van der Waals surface area contributed by atoms with Crippen molar-refractivity contribution in [1.29, 1.82) is 0 Å². The Morgan fingerprint density at radius 3 is 2.93 bits per heavy atom. The molecule has 2 N–H and O–H groups in total. The SMILES string of the molecule is O=C(Nc1cccc2c1NCCC2)c1cnccc1Oc1cc(Cl)ccc1Cl. The van der Waals surface area contributed by atoms with E-state index in [0.717, 1.165) is 30.8 Å². The molecule has 142 valence electrons. The van der Waals surface area contributed by atoms with Crippen molar-refractivity contribution in [3.63, 3.8) is 0 Å². The largest absolute Gasteiger partial charge is 0.455 e. The topological polar surface area (TPSA) is 63.2 Å². The molecular weight excluding hydrogens is 397 g/mol. The fourth-order valence-corrected chi connectivity index (χ4v) is 3.44. The number of nitrogens with zero attached hydrogens (tertiary/aromatic N) is 1. The zero-order valence-electron chi connectivity index (χ0n) is 14.8. The van der Waals surface area contributed by atoms with E-state index < -0.39 is 0 Å². The van der Waals surface area contributed by atoms with Crippen molar-refractivity contribution in [2.75, 3.05) is 17.2 Å². The Morgan fingerprint density at radius 1 is 1.14 bits per heavy atom. The summed E-state index contributed by atoms with van der Waals surface area (Å²) in [6.07, 6.45) is 5.08. The van der Waals surface area contributed by atoms with Crippen LogP contribution < -0.4 is 15.4 Å². The summed E-state index contributed by atoms with van der Waals surface area (Å²) in [5.41, 5.74) is 3.19. The number of pyridine rings is 1. The number of ether oxygens (including phenoxy) is 1. The molecule has 0 radical (unpaired) electrons. The number of anilines is 2. The van der Waals surface area contributed by atoms with Gasteiger partial charge in [0.15, 0.2) is 0 Å². The first kappa shape index (κ1) is 18.6. The second kappa shape index (κ2) is 8.09. The molecule has 0 spiro atoms. The van der Waals surface area contributed by atoms with E-state index >= 15 is 0 Å². The number of hydrogen-bond acceptors (Lipinski definition) is 4. The molecule has 5 nitrogen and oxygen atoms in total. The summed E-state index contributed by atoms with van der Waals surface area (Å²) < 4.78 is 5.86. The molecule has 0 saturated carbocycles. The first-order valence-corrected chi connectivity index (χ1v) is 9.61. The normalized spacial score (nSPS) is 12.6. The number of nitrogens with one attached hydrogen (secondary N) is 2. The van der Waals surface area contributed by atoms with Crippen molar-refractivity contribution < 1.29 is 9.53 Å². The van der Waals surface area contributed by atoms with Gasteiger partial charge < -0.3 is 15.4 Å². The second-order valence-corrected chi connectivity index (χ2v) is 7.22. The first-order valence-electron chi connectivity index (χ1n) is 8.86. The summed E-state index contributed by atoms with van der Waals surface area (Å²) >= 11 is 12.2. The zero-order chi connectivity index (χ0) is 19.5. The van der Waals surface area contributed by atoms with Crippen LogP contribution >= 0.6 is 23.2 Å². The van der Waals surface area contributed by atoms with Gasteiger partial charge >= 0.3 is 0 Å². The monoisotopic (exact) mass is 413 g/mol. The Hall–Kier alpha value is -2.76. The number of carbonyl (C=O) groups excluding carboxylic acids is 1. The molecule has 28 heavy (non-hydrogen) atoms. The van der Waals surface area contributed by atoms with Crippen LogP contribution in [0.25, 0.3) is 0 Å². The molecule has 0 saturated heterocycles. The van der Waals surface area contributed by atoms with Crippen LogP contribution in [-0.4, -0.2) is 17.4 Å². The number of rotatable bonds is 4. The molecule has 1 aliphatic rings. The molecule has 2 heterocycles. The van der Waals surface area contributed by atoms with Gasteiger partial charge in [-0.1, -0.05) is 35.3 Å². The van der Waals surface area contributed by atoms with Gasteiger partial charge in [-0.15, -0.1) is 0 Å². The average molecular weight is 414 g/mol. The number of carbonyl (C=O) groups is 1. The van der Waals surface area contributed by atoms with Gasteiger partial charge in [-0.3, -0.25) is 9.78 Å². The fraction of sp³-hybridized carbons (Fsp3) is 0.143. The average Bonchev–Trinajstić information content (AvgIpc) is 2.71. The molecule has 0 fully saturated rings. The van der Waals surface area contributed by atoms with E-state index in [1.807, 2.05) is 12.1 Å². The number of hydrogen-bond donors (Lipinski definition) is 2. The fourth-order valence-electron chi connectivity index (χ4n) is 3.12. The van der Waals surface area contributed by atoms with Crippen LogP contribution in [0.15, 0.2) is 54.9 Å². The third-order valence-corrected chi connectivity index (χ3v) is 5.01. The van der Waals surface area contributed by atoms with Crippen LogP contribution in [0.2, 0.25) is 10.0 Å². The molecule has 0 unspecified atom stereocenters. The Labute approximate surface area is 172 Å². The minimum absolute atomic E-state index is 0.298. The van der Waals surface area contributed by atoms with Crippen LogP contribution in [0.5, 0.6) is 11.5 Å². The van der Waals surface area contributed by atoms with Crippen LogP contribution in [0.3, 0.4) is 0 Å². The summed E-state index contributed by atoms with van der Waals surface area (Å²) in [6.45, 7) is 0.883. The van der Waals surface area contributed by atoms with Crippen molar-refractivity contribution in [3.8, 4) is 11.5 Å². The van der Waals surface area contributed by atoms with E-state index in [4.69, 9.17) is 27.9 Å². The molecule has 1 aromatic heterocycles. The smallest absolute Gasteiger partial charge is 0.261 e. The Kier molecular flexibility index (Phi) is 5.37. The summed E-state index contributed by atoms with van der Waals surface area (Å²) in [5, 5.41) is 7.21. The number of benzene rings is 2. The van der Waals surface area contributed by atoms with Crippen LogP contribution in [0.4, 0.5) is 11.4 Å². The van der Waals surface area contributed by atoms with Crippen molar-refractivity contribution in [1.82, 2.24) is 4.98 Å². The second-order valence-electron chi connectivity index (χ2n) is 6.37. The zero-order valence-corrected chi connectivity index (χ0v) is 16.3. The molecule has 4 rings (SSSR count). The number of fused-ring (bicyclic) bond motifs is 1. The van der Waals surface area contributed by atoms with Gasteiger partial charge in [0.25, 0.3) is 5.91 Å². The lowest BCUT2D eigenvalue weighted by atomic mass is 10.0. The van der Waals surface area contributed by atoms with Crippen LogP contribution in [0.1, 0.15) is 22.3 Å².